The van der Waals surface area contributed by atoms with Crippen LogP contribution in [0.25, 0.3) is 23.3 Å². The highest BCUT2D eigenvalue weighted by Gasteiger charge is 2.10. The maximum atomic E-state index is 2.24. The van der Waals surface area contributed by atoms with Gasteiger partial charge in [0.25, 0.3) is 0 Å². The zero-order valence-electron chi connectivity index (χ0n) is 8.93. The molecule has 0 nitrogen and oxygen atoms in total. The van der Waals surface area contributed by atoms with Crippen LogP contribution in [-0.4, -0.2) is 0 Å². The first kappa shape index (κ1) is 9.17. The summed E-state index contributed by atoms with van der Waals surface area (Å²) in [6, 6.07) is 12.8. The van der Waals surface area contributed by atoms with E-state index in [9.17, 15) is 0 Å². The van der Waals surface area contributed by atoms with E-state index in [2.05, 4.69) is 72.9 Å². The lowest BCUT2D eigenvalue weighted by atomic mass is 10.1. The average molecular weight is 204 g/mol. The van der Waals surface area contributed by atoms with Crippen molar-refractivity contribution in [2.24, 2.45) is 0 Å². The molecular weight excluding hydrogens is 192 g/mol. The van der Waals surface area contributed by atoms with Crippen molar-refractivity contribution < 1.29 is 0 Å². The Morgan fingerprint density at radius 1 is 0.688 bits per heavy atom. The summed E-state index contributed by atoms with van der Waals surface area (Å²) in [5, 5.41) is 0. The first-order chi connectivity index (χ1) is 7.95. The lowest BCUT2D eigenvalue weighted by Crippen LogP contribution is -1.75. The zero-order chi connectivity index (χ0) is 10.8. The van der Waals surface area contributed by atoms with Crippen LogP contribution in [0, 0.1) is 0 Å². The highest BCUT2D eigenvalue weighted by Crippen LogP contribution is 2.33. The highest BCUT2D eigenvalue weighted by molar-refractivity contribution is 5.86. The van der Waals surface area contributed by atoms with Crippen LogP contribution in [0.3, 0.4) is 0 Å². The Morgan fingerprint density at radius 3 is 2.44 bits per heavy atom. The van der Waals surface area contributed by atoms with Crippen molar-refractivity contribution in [3.8, 4) is 11.1 Å². The quantitative estimate of drug-likeness (QED) is 0.597. The van der Waals surface area contributed by atoms with Crippen molar-refractivity contribution in [3.63, 3.8) is 0 Å². The summed E-state index contributed by atoms with van der Waals surface area (Å²) in [6.07, 6.45) is 12.6. The first-order valence-corrected chi connectivity index (χ1v) is 5.48. The molecule has 16 heavy (non-hydrogen) atoms. The Morgan fingerprint density at radius 2 is 1.50 bits per heavy atom. The molecule has 3 aliphatic rings. The molecule has 0 N–H and O–H groups in total. The Bertz CT molecular complexity index is 571. The molecule has 76 valence electrons. The molecule has 0 fully saturated rings. The van der Waals surface area contributed by atoms with Crippen LogP contribution in [0.4, 0.5) is 0 Å². The third-order valence-corrected chi connectivity index (χ3v) is 2.86. The van der Waals surface area contributed by atoms with E-state index >= 15 is 0 Å². The van der Waals surface area contributed by atoms with E-state index in [-0.39, 0.29) is 0 Å². The van der Waals surface area contributed by atoms with E-state index < -0.39 is 0 Å². The van der Waals surface area contributed by atoms with Gasteiger partial charge in [0.15, 0.2) is 0 Å². The lowest BCUT2D eigenvalue weighted by molar-refractivity contribution is 1.74. The molecule has 0 aliphatic heterocycles. The van der Waals surface area contributed by atoms with Gasteiger partial charge in [-0.1, -0.05) is 66.8 Å². The summed E-state index contributed by atoms with van der Waals surface area (Å²) in [7, 11) is 0. The fourth-order valence-corrected chi connectivity index (χ4v) is 2.10. The van der Waals surface area contributed by atoms with E-state index in [1.54, 1.807) is 0 Å². The van der Waals surface area contributed by atoms with Gasteiger partial charge in [0.2, 0.25) is 0 Å². The summed E-state index contributed by atoms with van der Waals surface area (Å²) in [5.74, 6) is 0. The molecule has 0 aromatic carbocycles. The number of hydrogen-bond acceptors (Lipinski definition) is 0. The van der Waals surface area contributed by atoms with Gasteiger partial charge < -0.3 is 0 Å². The molecule has 0 unspecified atom stereocenters. The molecule has 3 rings (SSSR count). The van der Waals surface area contributed by atoms with E-state index in [0.29, 0.717) is 0 Å². The van der Waals surface area contributed by atoms with E-state index in [1.165, 1.54) is 22.3 Å². The molecule has 0 atom stereocenters. The molecule has 0 heteroatoms. The molecule has 0 radical (unpaired) electrons. The summed E-state index contributed by atoms with van der Waals surface area (Å²) in [4.78, 5) is 0. The van der Waals surface area contributed by atoms with Crippen LogP contribution in [-0.2, 0) is 0 Å². The standard InChI is InChI=1S/C16H12/c1-2-6-10-15-13(8-4-1)12-14-9-5-3-7-11-16(14)15/h1-12H/b2-1-,4-1?,6-2?,8-4-,10-6-,13-8?,15-10?. The zero-order valence-corrected chi connectivity index (χ0v) is 8.93. The summed E-state index contributed by atoms with van der Waals surface area (Å²) >= 11 is 0. The molecule has 0 saturated carbocycles. The van der Waals surface area contributed by atoms with Gasteiger partial charge in [-0.15, -0.1) is 0 Å². The lowest BCUT2D eigenvalue weighted by Gasteiger charge is -1.97. The Hall–Kier alpha value is -2.08. The maximum Gasteiger partial charge on any atom is -0.0105 e. The number of rotatable bonds is 0. The van der Waals surface area contributed by atoms with Crippen LogP contribution in [0.2, 0.25) is 0 Å². The fraction of sp³-hybridized carbons (Fsp3) is 0. The minimum atomic E-state index is 1.29. The van der Waals surface area contributed by atoms with Gasteiger partial charge in [-0.2, -0.15) is 0 Å². The predicted molar refractivity (Wildman–Crippen MR) is 70.3 cm³/mol. The SMILES string of the molecule is C1=C\C=C/c2c(cc3cccccc2-3)\C=C/1. The number of hydrogen-bond donors (Lipinski definition) is 0. The summed E-state index contributed by atoms with van der Waals surface area (Å²) < 4.78 is 0. The van der Waals surface area contributed by atoms with Crippen LogP contribution >= 0.6 is 0 Å². The monoisotopic (exact) mass is 204 g/mol. The first-order valence-electron chi connectivity index (χ1n) is 5.48. The molecule has 0 heterocycles. The Labute approximate surface area is 95.6 Å². The van der Waals surface area contributed by atoms with E-state index in [4.69, 9.17) is 0 Å². The van der Waals surface area contributed by atoms with Crippen LogP contribution in [0.15, 0.2) is 60.7 Å². The fourth-order valence-electron chi connectivity index (χ4n) is 2.10. The second-order valence-corrected chi connectivity index (χ2v) is 3.90. The minimum Gasteiger partial charge on any atom is -0.0622 e. The molecule has 0 spiro atoms. The molecule has 3 aliphatic carbocycles. The highest BCUT2D eigenvalue weighted by atomic mass is 14.1. The third-order valence-electron chi connectivity index (χ3n) is 2.86. The molecule has 0 amide bonds. The second-order valence-electron chi connectivity index (χ2n) is 3.90. The van der Waals surface area contributed by atoms with Gasteiger partial charge in [-0.05, 0) is 28.3 Å². The Balaban J connectivity index is 2.31. The largest absolute Gasteiger partial charge is 0.0622 e. The van der Waals surface area contributed by atoms with Gasteiger partial charge in [0, 0.05) is 0 Å². The van der Waals surface area contributed by atoms with Gasteiger partial charge in [-0.3, -0.25) is 0 Å². The van der Waals surface area contributed by atoms with Gasteiger partial charge in [-0.25, -0.2) is 0 Å². The van der Waals surface area contributed by atoms with Crippen molar-refractivity contribution in [2.75, 3.05) is 0 Å². The van der Waals surface area contributed by atoms with Gasteiger partial charge >= 0.3 is 0 Å². The topological polar surface area (TPSA) is 0 Å². The van der Waals surface area contributed by atoms with Crippen molar-refractivity contribution in [1.82, 2.24) is 0 Å². The third kappa shape index (κ3) is 1.49. The molecule has 0 saturated heterocycles. The molecule has 0 bridgehead atoms. The van der Waals surface area contributed by atoms with Crippen molar-refractivity contribution in [3.05, 3.63) is 71.8 Å². The number of fused-ring (bicyclic) bond motifs is 3. The van der Waals surface area contributed by atoms with Crippen LogP contribution in [0.5, 0.6) is 0 Å². The second kappa shape index (κ2) is 3.82. The Kier molecular flexibility index (Phi) is 2.19. The summed E-state index contributed by atoms with van der Waals surface area (Å²) in [5.41, 5.74) is 5.22. The molecule has 0 aromatic rings. The van der Waals surface area contributed by atoms with Crippen molar-refractivity contribution in [2.45, 2.75) is 0 Å². The van der Waals surface area contributed by atoms with Gasteiger partial charge in [0.05, 0.1) is 0 Å². The van der Waals surface area contributed by atoms with Crippen LogP contribution < -0.4 is 0 Å². The number of allylic oxidation sites excluding steroid dienone is 4. The smallest absolute Gasteiger partial charge is 0.0105 e. The maximum absolute atomic E-state index is 2.24. The van der Waals surface area contributed by atoms with Gasteiger partial charge in [0.1, 0.15) is 0 Å². The summed E-state index contributed by atoms with van der Waals surface area (Å²) in [6.45, 7) is 0. The molecule has 0 aromatic heterocycles. The normalized spacial score (nSPS) is 19.5. The van der Waals surface area contributed by atoms with E-state index in [1.807, 2.05) is 0 Å². The minimum absolute atomic E-state index is 1.29. The van der Waals surface area contributed by atoms with Crippen molar-refractivity contribution in [1.29, 1.82) is 0 Å². The van der Waals surface area contributed by atoms with Crippen LogP contribution in [0.1, 0.15) is 11.1 Å². The average Bonchev–Trinajstić information content (AvgIpc) is 2.47. The van der Waals surface area contributed by atoms with E-state index in [0.717, 1.165) is 0 Å². The molecular formula is C16H12. The predicted octanol–water partition coefficient (Wildman–Crippen LogP) is 4.39. The van der Waals surface area contributed by atoms with Crippen molar-refractivity contribution >= 4 is 12.2 Å².